The van der Waals surface area contributed by atoms with E-state index in [4.69, 9.17) is 4.42 Å². The Morgan fingerprint density at radius 3 is 1.94 bits per heavy atom. The molecule has 0 saturated heterocycles. The molecule has 1 aliphatic rings. The predicted octanol–water partition coefficient (Wildman–Crippen LogP) is 8.66. The molecule has 0 fully saturated rings. The van der Waals surface area contributed by atoms with Crippen LogP contribution in [0.2, 0.25) is 0 Å². The van der Waals surface area contributed by atoms with Crippen LogP contribution < -0.4 is 5.32 Å². The Balaban J connectivity index is 1.44. The van der Waals surface area contributed by atoms with E-state index in [0.717, 1.165) is 33.3 Å². The van der Waals surface area contributed by atoms with E-state index in [0.29, 0.717) is 0 Å². The van der Waals surface area contributed by atoms with Crippen LogP contribution in [0, 0.1) is 0 Å². The normalized spacial score (nSPS) is 13.7. The van der Waals surface area contributed by atoms with Gasteiger partial charge in [-0.1, -0.05) is 84.9 Å². The maximum atomic E-state index is 6.63. The molecule has 2 heteroatoms. The second kappa shape index (κ2) is 7.10. The molecule has 1 N–H and O–H groups in total. The zero-order chi connectivity index (χ0) is 22.7. The molecule has 0 spiro atoms. The monoisotopic (exact) mass is 437 g/mol. The van der Waals surface area contributed by atoms with Crippen LogP contribution in [0.25, 0.3) is 33.1 Å². The summed E-state index contributed by atoms with van der Waals surface area (Å²) in [5, 5.41) is 5.78. The van der Waals surface area contributed by atoms with Gasteiger partial charge in [-0.3, -0.25) is 0 Å². The summed E-state index contributed by atoms with van der Waals surface area (Å²) in [5.41, 5.74) is 10.1. The van der Waals surface area contributed by atoms with Gasteiger partial charge in [0, 0.05) is 39.2 Å². The van der Waals surface area contributed by atoms with Gasteiger partial charge in [-0.2, -0.15) is 0 Å². The number of para-hydroxylation sites is 2. The molecular weight excluding hydrogens is 414 g/mol. The van der Waals surface area contributed by atoms with Crippen molar-refractivity contribution in [2.45, 2.75) is 12.3 Å². The first kappa shape index (κ1) is 19.2. The molecule has 0 saturated carbocycles. The van der Waals surface area contributed by atoms with Gasteiger partial charge in [0.25, 0.3) is 0 Å². The fraction of sp³-hybridized carbons (Fsp3) is 0.0625. The summed E-state index contributed by atoms with van der Waals surface area (Å²) in [6.07, 6.45) is 0. The van der Waals surface area contributed by atoms with Gasteiger partial charge in [0.15, 0.2) is 0 Å². The summed E-state index contributed by atoms with van der Waals surface area (Å²) in [5.74, 6) is 0. The van der Waals surface area contributed by atoms with Crippen LogP contribution in [0.1, 0.15) is 23.6 Å². The van der Waals surface area contributed by atoms with E-state index < -0.39 is 0 Å². The Hall–Kier alpha value is -4.30. The molecule has 6 aromatic rings. The number of anilines is 2. The fourth-order valence-electron chi connectivity index (χ4n) is 5.70. The van der Waals surface area contributed by atoms with E-state index in [-0.39, 0.29) is 5.41 Å². The average molecular weight is 438 g/mol. The third-order valence-electron chi connectivity index (χ3n) is 7.32. The number of rotatable bonds is 3. The largest absolute Gasteiger partial charge is 0.456 e. The topological polar surface area (TPSA) is 25.2 Å². The second-order valence-corrected chi connectivity index (χ2v) is 9.20. The molecule has 2 nitrogen and oxygen atoms in total. The van der Waals surface area contributed by atoms with Gasteiger partial charge >= 0.3 is 0 Å². The Kier molecular flexibility index (Phi) is 4.01. The first-order chi connectivity index (χ1) is 16.7. The molecule has 1 aliphatic carbocycles. The molecule has 34 heavy (non-hydrogen) atoms. The molecule has 0 amide bonds. The molecule has 0 radical (unpaired) electrons. The van der Waals surface area contributed by atoms with E-state index in [2.05, 4.69) is 109 Å². The van der Waals surface area contributed by atoms with Crippen molar-refractivity contribution in [3.05, 3.63) is 132 Å². The van der Waals surface area contributed by atoms with Crippen molar-refractivity contribution >= 4 is 33.3 Å². The zero-order valence-corrected chi connectivity index (χ0v) is 18.9. The van der Waals surface area contributed by atoms with Crippen LogP contribution in [0.4, 0.5) is 11.4 Å². The average Bonchev–Trinajstić information content (AvgIpc) is 3.38. The number of hydrogen-bond donors (Lipinski definition) is 1. The summed E-state index contributed by atoms with van der Waals surface area (Å²) in [6, 6.07) is 40.7. The fourth-order valence-corrected chi connectivity index (χ4v) is 5.70. The third kappa shape index (κ3) is 2.63. The Morgan fingerprint density at radius 1 is 0.559 bits per heavy atom. The highest BCUT2D eigenvalue weighted by Gasteiger charge is 2.42. The predicted molar refractivity (Wildman–Crippen MR) is 141 cm³/mol. The zero-order valence-electron chi connectivity index (χ0n) is 18.9. The highest BCUT2D eigenvalue weighted by molar-refractivity contribution is 6.07. The van der Waals surface area contributed by atoms with Crippen molar-refractivity contribution < 1.29 is 4.42 Å². The van der Waals surface area contributed by atoms with E-state index in [9.17, 15) is 0 Å². The van der Waals surface area contributed by atoms with E-state index in [1.165, 1.54) is 27.8 Å². The Morgan fingerprint density at radius 2 is 1.21 bits per heavy atom. The van der Waals surface area contributed by atoms with Crippen LogP contribution in [-0.2, 0) is 5.41 Å². The molecule has 7 rings (SSSR count). The Labute approximate surface area is 198 Å². The van der Waals surface area contributed by atoms with Crippen LogP contribution in [0.5, 0.6) is 0 Å². The lowest BCUT2D eigenvalue weighted by Crippen LogP contribution is -2.22. The summed E-state index contributed by atoms with van der Waals surface area (Å²) < 4.78 is 6.63. The van der Waals surface area contributed by atoms with Gasteiger partial charge in [-0.05, 0) is 53.4 Å². The van der Waals surface area contributed by atoms with Gasteiger partial charge in [0.2, 0.25) is 0 Å². The lowest BCUT2D eigenvalue weighted by atomic mass is 9.74. The minimum Gasteiger partial charge on any atom is -0.456 e. The molecule has 0 aliphatic heterocycles. The van der Waals surface area contributed by atoms with Crippen molar-refractivity contribution in [3.63, 3.8) is 0 Å². The Bertz CT molecular complexity index is 1650. The molecular formula is C32H23NO. The van der Waals surface area contributed by atoms with Crippen LogP contribution in [-0.4, -0.2) is 0 Å². The van der Waals surface area contributed by atoms with Crippen molar-refractivity contribution in [1.29, 1.82) is 0 Å². The summed E-state index contributed by atoms with van der Waals surface area (Å²) >= 11 is 0. The molecule has 0 unspecified atom stereocenters. The minimum atomic E-state index is -0.286. The second-order valence-electron chi connectivity index (χ2n) is 9.20. The van der Waals surface area contributed by atoms with E-state index in [1.807, 2.05) is 18.2 Å². The summed E-state index contributed by atoms with van der Waals surface area (Å²) in [6.45, 7) is 2.34. The first-order valence-electron chi connectivity index (χ1n) is 11.7. The van der Waals surface area contributed by atoms with Gasteiger partial charge < -0.3 is 9.73 Å². The maximum absolute atomic E-state index is 6.63. The van der Waals surface area contributed by atoms with Crippen molar-refractivity contribution in [3.8, 4) is 11.1 Å². The molecule has 0 atom stereocenters. The number of nitrogens with one attached hydrogen (secondary N) is 1. The van der Waals surface area contributed by atoms with Gasteiger partial charge in [0.05, 0.1) is 0 Å². The summed E-state index contributed by atoms with van der Waals surface area (Å²) in [7, 11) is 0. The molecule has 1 heterocycles. The molecule has 0 bridgehead atoms. The van der Waals surface area contributed by atoms with Crippen LogP contribution in [0.3, 0.4) is 0 Å². The van der Waals surface area contributed by atoms with Gasteiger partial charge in [-0.15, -0.1) is 0 Å². The summed E-state index contributed by atoms with van der Waals surface area (Å²) in [4.78, 5) is 0. The van der Waals surface area contributed by atoms with Crippen molar-refractivity contribution in [2.24, 2.45) is 0 Å². The van der Waals surface area contributed by atoms with Gasteiger partial charge in [-0.25, -0.2) is 0 Å². The lowest BCUT2D eigenvalue weighted by Gasteiger charge is -2.28. The molecule has 1 aromatic heterocycles. The number of benzene rings is 5. The maximum Gasteiger partial charge on any atom is 0.139 e. The van der Waals surface area contributed by atoms with E-state index in [1.54, 1.807) is 0 Å². The molecule has 162 valence electrons. The number of furan rings is 1. The van der Waals surface area contributed by atoms with Gasteiger partial charge in [0.1, 0.15) is 11.2 Å². The standard InChI is InChI=1S/C32H23NO/c1-32(27-15-7-5-12-23(27)24-13-6-8-16-28(24)32)29-17-9-14-26-25-19-18-22(20-30(25)34-31(26)29)33-21-10-3-2-4-11-21/h2-20,33H,1H3. The van der Waals surface area contributed by atoms with Crippen LogP contribution >= 0.6 is 0 Å². The van der Waals surface area contributed by atoms with Crippen molar-refractivity contribution in [2.75, 3.05) is 5.32 Å². The number of fused-ring (bicyclic) bond motifs is 6. The van der Waals surface area contributed by atoms with E-state index >= 15 is 0 Å². The smallest absolute Gasteiger partial charge is 0.139 e. The SMILES string of the molecule is CC1(c2cccc3c2oc2cc(Nc4ccccc4)ccc23)c2ccccc2-c2ccccc21. The minimum absolute atomic E-state index is 0.286. The quantitative estimate of drug-likeness (QED) is 0.300. The first-order valence-corrected chi connectivity index (χ1v) is 11.7. The molecule has 5 aromatic carbocycles. The third-order valence-corrected chi connectivity index (χ3v) is 7.32. The highest BCUT2D eigenvalue weighted by atomic mass is 16.3. The number of hydrogen-bond acceptors (Lipinski definition) is 2. The van der Waals surface area contributed by atoms with Crippen LogP contribution in [0.15, 0.2) is 120 Å². The highest BCUT2D eigenvalue weighted by Crippen LogP contribution is 2.54. The van der Waals surface area contributed by atoms with Crippen molar-refractivity contribution in [1.82, 2.24) is 0 Å². The lowest BCUT2D eigenvalue weighted by molar-refractivity contribution is 0.638.